The van der Waals surface area contributed by atoms with Crippen molar-refractivity contribution in [2.24, 2.45) is 29.6 Å². The van der Waals surface area contributed by atoms with Crippen molar-refractivity contribution >= 4 is 17.3 Å². The number of fused-ring (bicyclic) bond motifs is 4. The van der Waals surface area contributed by atoms with Crippen molar-refractivity contribution in [2.75, 3.05) is 6.54 Å². The van der Waals surface area contributed by atoms with Crippen LogP contribution in [0.25, 0.3) is 0 Å². The van der Waals surface area contributed by atoms with E-state index in [-0.39, 0.29) is 0 Å². The van der Waals surface area contributed by atoms with Crippen LogP contribution >= 0.6 is 12.2 Å². The Kier molecular flexibility index (Phi) is 3.21. The molecule has 0 aromatic carbocycles. The van der Waals surface area contributed by atoms with Gasteiger partial charge in [0.05, 0.1) is 0 Å². The summed E-state index contributed by atoms with van der Waals surface area (Å²) in [6, 6.07) is 0.679. The van der Waals surface area contributed by atoms with E-state index in [0.717, 1.165) is 41.2 Å². The van der Waals surface area contributed by atoms with E-state index in [4.69, 9.17) is 12.2 Å². The number of hydrogen-bond donors (Lipinski definition) is 2. The van der Waals surface area contributed by atoms with Gasteiger partial charge in [-0.2, -0.15) is 0 Å². The van der Waals surface area contributed by atoms with Crippen LogP contribution in [0.4, 0.5) is 0 Å². The molecule has 0 heterocycles. The Labute approximate surface area is 122 Å². The van der Waals surface area contributed by atoms with Crippen molar-refractivity contribution in [2.45, 2.75) is 57.4 Å². The third kappa shape index (κ3) is 2.39. The van der Waals surface area contributed by atoms with E-state index in [9.17, 15) is 0 Å². The van der Waals surface area contributed by atoms with Gasteiger partial charge in [-0.1, -0.05) is 12.8 Å². The van der Waals surface area contributed by atoms with Crippen LogP contribution in [0.15, 0.2) is 0 Å². The van der Waals surface area contributed by atoms with Crippen LogP contribution in [0.2, 0.25) is 0 Å². The Morgan fingerprint density at radius 1 is 0.895 bits per heavy atom. The molecule has 0 aliphatic heterocycles. The van der Waals surface area contributed by atoms with Crippen molar-refractivity contribution in [1.82, 2.24) is 10.6 Å². The maximum atomic E-state index is 5.50. The fourth-order valence-corrected chi connectivity index (χ4v) is 5.73. The Balaban J connectivity index is 1.22. The Morgan fingerprint density at radius 3 is 2.21 bits per heavy atom. The number of rotatable bonds is 3. The van der Waals surface area contributed by atoms with Crippen LogP contribution in [-0.4, -0.2) is 17.7 Å². The predicted octanol–water partition coefficient (Wildman–Crippen LogP) is 3.08. The Hall–Kier alpha value is -0.310. The SMILES string of the molecule is S=C(NCC1CC2CCC1C2)NC1CC2CCC1C2. The van der Waals surface area contributed by atoms with Gasteiger partial charge < -0.3 is 10.6 Å². The van der Waals surface area contributed by atoms with E-state index in [0.29, 0.717) is 6.04 Å². The molecule has 19 heavy (non-hydrogen) atoms. The van der Waals surface area contributed by atoms with E-state index in [2.05, 4.69) is 10.6 Å². The molecule has 4 fully saturated rings. The first kappa shape index (κ1) is 12.4. The molecule has 106 valence electrons. The van der Waals surface area contributed by atoms with Crippen molar-refractivity contribution in [3.05, 3.63) is 0 Å². The lowest BCUT2D eigenvalue weighted by molar-refractivity contribution is 0.330. The second-order valence-electron chi connectivity index (χ2n) is 7.57. The number of thiocarbonyl (C=S) groups is 1. The van der Waals surface area contributed by atoms with Crippen LogP contribution in [0.5, 0.6) is 0 Å². The molecule has 4 rings (SSSR count). The molecular formula is C16H26N2S. The van der Waals surface area contributed by atoms with Crippen molar-refractivity contribution in [3.63, 3.8) is 0 Å². The van der Waals surface area contributed by atoms with Gasteiger partial charge >= 0.3 is 0 Å². The van der Waals surface area contributed by atoms with Crippen molar-refractivity contribution in [1.29, 1.82) is 0 Å². The fraction of sp³-hybridized carbons (Fsp3) is 0.938. The van der Waals surface area contributed by atoms with E-state index in [1.54, 1.807) is 0 Å². The molecule has 0 spiro atoms. The van der Waals surface area contributed by atoms with Crippen LogP contribution < -0.4 is 10.6 Å². The largest absolute Gasteiger partial charge is 0.362 e. The topological polar surface area (TPSA) is 24.1 Å². The highest BCUT2D eigenvalue weighted by Crippen LogP contribution is 2.48. The molecule has 4 aliphatic carbocycles. The van der Waals surface area contributed by atoms with Crippen LogP contribution in [-0.2, 0) is 0 Å². The quantitative estimate of drug-likeness (QED) is 0.776. The van der Waals surface area contributed by atoms with E-state index < -0.39 is 0 Å². The maximum absolute atomic E-state index is 5.50. The zero-order chi connectivity index (χ0) is 12.8. The zero-order valence-electron chi connectivity index (χ0n) is 11.7. The summed E-state index contributed by atoms with van der Waals surface area (Å²) in [7, 11) is 0. The average Bonchev–Trinajstić information content (AvgIpc) is 3.16. The van der Waals surface area contributed by atoms with Gasteiger partial charge in [0.2, 0.25) is 0 Å². The summed E-state index contributed by atoms with van der Waals surface area (Å²) < 4.78 is 0. The van der Waals surface area contributed by atoms with E-state index in [1.165, 1.54) is 51.4 Å². The Bertz CT molecular complexity index is 370. The minimum Gasteiger partial charge on any atom is -0.362 e. The van der Waals surface area contributed by atoms with Gasteiger partial charge in [0, 0.05) is 12.6 Å². The molecule has 4 bridgehead atoms. The van der Waals surface area contributed by atoms with Crippen molar-refractivity contribution < 1.29 is 0 Å². The van der Waals surface area contributed by atoms with Crippen LogP contribution in [0, 0.1) is 29.6 Å². The predicted molar refractivity (Wildman–Crippen MR) is 81.9 cm³/mol. The summed E-state index contributed by atoms with van der Waals surface area (Å²) in [4.78, 5) is 0. The lowest BCUT2D eigenvalue weighted by atomic mass is 9.89. The maximum Gasteiger partial charge on any atom is 0.166 e. The van der Waals surface area contributed by atoms with Crippen LogP contribution in [0.3, 0.4) is 0 Å². The second kappa shape index (κ2) is 4.91. The molecule has 0 aromatic heterocycles. The lowest BCUT2D eigenvalue weighted by Crippen LogP contribution is -2.45. The zero-order valence-corrected chi connectivity index (χ0v) is 12.6. The summed E-state index contributed by atoms with van der Waals surface area (Å²) in [5.74, 6) is 4.85. The average molecular weight is 278 g/mol. The first-order chi connectivity index (χ1) is 9.28. The minimum atomic E-state index is 0.679. The highest BCUT2D eigenvalue weighted by atomic mass is 32.1. The molecule has 2 N–H and O–H groups in total. The molecule has 0 radical (unpaired) electrons. The summed E-state index contributed by atoms with van der Waals surface area (Å²) >= 11 is 5.50. The summed E-state index contributed by atoms with van der Waals surface area (Å²) in [5.41, 5.74) is 0. The lowest BCUT2D eigenvalue weighted by Gasteiger charge is -2.26. The summed E-state index contributed by atoms with van der Waals surface area (Å²) in [6.45, 7) is 1.12. The molecule has 3 heteroatoms. The van der Waals surface area contributed by atoms with Gasteiger partial charge in [-0.15, -0.1) is 0 Å². The van der Waals surface area contributed by atoms with Gasteiger partial charge in [-0.05, 0) is 80.3 Å². The summed E-state index contributed by atoms with van der Waals surface area (Å²) in [5, 5.41) is 8.05. The number of hydrogen-bond acceptors (Lipinski definition) is 1. The van der Waals surface area contributed by atoms with Gasteiger partial charge in [-0.3, -0.25) is 0 Å². The van der Waals surface area contributed by atoms with Gasteiger partial charge in [0.15, 0.2) is 5.11 Å². The monoisotopic (exact) mass is 278 g/mol. The standard InChI is InChI=1S/C16H26N2S/c19-16(18-15-8-11-2-4-13(15)6-11)17-9-14-7-10-1-3-12(14)5-10/h10-15H,1-9H2,(H2,17,18,19). The molecule has 4 saturated carbocycles. The van der Waals surface area contributed by atoms with E-state index >= 15 is 0 Å². The van der Waals surface area contributed by atoms with Gasteiger partial charge in [0.1, 0.15) is 0 Å². The first-order valence-electron chi connectivity index (χ1n) is 8.32. The molecule has 6 atom stereocenters. The van der Waals surface area contributed by atoms with Crippen LogP contribution in [0.1, 0.15) is 51.4 Å². The number of nitrogens with one attached hydrogen (secondary N) is 2. The second-order valence-corrected chi connectivity index (χ2v) is 7.98. The Morgan fingerprint density at radius 2 is 1.63 bits per heavy atom. The van der Waals surface area contributed by atoms with E-state index in [1.807, 2.05) is 0 Å². The molecule has 6 unspecified atom stereocenters. The van der Waals surface area contributed by atoms with Crippen molar-refractivity contribution in [3.8, 4) is 0 Å². The smallest absolute Gasteiger partial charge is 0.166 e. The normalized spacial score (nSPS) is 46.7. The molecule has 0 saturated heterocycles. The first-order valence-corrected chi connectivity index (χ1v) is 8.73. The highest BCUT2D eigenvalue weighted by Gasteiger charge is 2.41. The molecule has 4 aliphatic rings. The van der Waals surface area contributed by atoms with Gasteiger partial charge in [-0.25, -0.2) is 0 Å². The third-order valence-electron chi connectivity index (χ3n) is 6.46. The minimum absolute atomic E-state index is 0.679. The fourth-order valence-electron chi connectivity index (χ4n) is 5.49. The third-order valence-corrected chi connectivity index (χ3v) is 6.73. The molecular weight excluding hydrogens is 252 g/mol. The molecule has 2 nitrogen and oxygen atoms in total. The summed E-state index contributed by atoms with van der Waals surface area (Å²) in [6.07, 6.45) is 11.6. The molecule has 0 amide bonds. The highest BCUT2D eigenvalue weighted by molar-refractivity contribution is 7.80. The van der Waals surface area contributed by atoms with Gasteiger partial charge in [0.25, 0.3) is 0 Å². The molecule has 0 aromatic rings.